The van der Waals surface area contributed by atoms with Gasteiger partial charge in [0.1, 0.15) is 0 Å². The highest BCUT2D eigenvalue weighted by Crippen LogP contribution is 2.51. The quantitative estimate of drug-likeness (QED) is 0.877. The third-order valence-electron chi connectivity index (χ3n) is 6.64. The van der Waals surface area contributed by atoms with Crippen LogP contribution in [0.15, 0.2) is 24.3 Å². The van der Waals surface area contributed by atoms with Crippen molar-refractivity contribution in [3.63, 3.8) is 0 Å². The number of benzene rings is 2. The summed E-state index contributed by atoms with van der Waals surface area (Å²) in [5.41, 5.74) is 8.04. The fraction of sp³-hybridized carbons (Fsp3) is 0.478. The second-order valence-corrected chi connectivity index (χ2v) is 8.23. The maximum absolute atomic E-state index is 11.1. The van der Waals surface area contributed by atoms with Crippen molar-refractivity contribution in [2.45, 2.75) is 57.7 Å². The highest BCUT2D eigenvalue weighted by Gasteiger charge is 2.44. The number of hydrogen-bond acceptors (Lipinski definition) is 4. The molecule has 3 atom stereocenters. The number of fused-ring (bicyclic) bond motifs is 6. The number of likely N-dealkylation sites (N-methyl/N-ethyl adjacent to an activating group) is 1. The first-order chi connectivity index (χ1) is 13.1. The Morgan fingerprint density at radius 2 is 1.93 bits per heavy atom. The van der Waals surface area contributed by atoms with E-state index in [9.17, 15) is 5.11 Å². The Hall–Kier alpha value is -2.04. The van der Waals surface area contributed by atoms with Gasteiger partial charge in [-0.15, -0.1) is 0 Å². The zero-order valence-electron chi connectivity index (χ0n) is 16.3. The second-order valence-electron chi connectivity index (χ2n) is 8.23. The number of aliphatic hydroxyl groups excluding tert-OH is 1. The van der Waals surface area contributed by atoms with E-state index < -0.39 is 0 Å². The Balaban J connectivity index is 1.64. The van der Waals surface area contributed by atoms with E-state index in [0.717, 1.165) is 30.9 Å². The Labute approximate surface area is 160 Å². The first-order valence-corrected chi connectivity index (χ1v) is 10.0. The second kappa shape index (κ2) is 6.25. The van der Waals surface area contributed by atoms with E-state index in [2.05, 4.69) is 50.1 Å². The standard InChI is InChI=1S/C23H27NO3/c1-4-5-14-6-7-16-18(13(14)2)11-24(3)23-17-10-21-20(26-12-27-21)9-15(17)8-19(25)22(16)23/h6-7,9-10,19,22-23,25H,4-5,8,11-12H2,1-3H3. The number of rotatable bonds is 2. The van der Waals surface area contributed by atoms with E-state index in [1.165, 1.54) is 33.4 Å². The molecular weight excluding hydrogens is 338 g/mol. The summed E-state index contributed by atoms with van der Waals surface area (Å²) in [6.07, 6.45) is 2.55. The number of aryl methyl sites for hydroxylation is 1. The molecule has 3 aliphatic rings. The summed E-state index contributed by atoms with van der Waals surface area (Å²) in [6.45, 7) is 5.68. The van der Waals surface area contributed by atoms with Crippen LogP contribution >= 0.6 is 0 Å². The van der Waals surface area contributed by atoms with E-state index in [-0.39, 0.29) is 24.9 Å². The molecule has 0 amide bonds. The molecule has 142 valence electrons. The van der Waals surface area contributed by atoms with Gasteiger partial charge in [-0.05, 0) is 72.3 Å². The number of aliphatic hydroxyl groups is 1. The summed E-state index contributed by atoms with van der Waals surface area (Å²) in [5, 5.41) is 11.1. The maximum atomic E-state index is 11.1. The minimum absolute atomic E-state index is 0.0981. The van der Waals surface area contributed by atoms with E-state index in [0.29, 0.717) is 6.42 Å². The van der Waals surface area contributed by atoms with Gasteiger partial charge in [0.2, 0.25) is 6.79 Å². The highest BCUT2D eigenvalue weighted by atomic mass is 16.7. The van der Waals surface area contributed by atoms with Crippen LogP contribution in [0.25, 0.3) is 0 Å². The summed E-state index contributed by atoms with van der Waals surface area (Å²) >= 11 is 0. The summed E-state index contributed by atoms with van der Waals surface area (Å²) in [6, 6.07) is 8.93. The molecule has 0 saturated heterocycles. The lowest BCUT2D eigenvalue weighted by atomic mass is 9.69. The highest BCUT2D eigenvalue weighted by molar-refractivity contribution is 5.54. The van der Waals surface area contributed by atoms with Gasteiger partial charge < -0.3 is 14.6 Å². The molecular formula is C23H27NO3. The van der Waals surface area contributed by atoms with Crippen molar-refractivity contribution >= 4 is 0 Å². The molecule has 2 heterocycles. The minimum atomic E-state index is -0.388. The lowest BCUT2D eigenvalue weighted by Gasteiger charge is -2.47. The number of nitrogens with zero attached hydrogens (tertiary/aromatic N) is 1. The van der Waals surface area contributed by atoms with Crippen LogP contribution in [0.3, 0.4) is 0 Å². The van der Waals surface area contributed by atoms with Gasteiger partial charge in [0.05, 0.1) is 6.10 Å². The van der Waals surface area contributed by atoms with Crippen LogP contribution in [-0.2, 0) is 19.4 Å². The van der Waals surface area contributed by atoms with Crippen molar-refractivity contribution in [2.24, 2.45) is 0 Å². The smallest absolute Gasteiger partial charge is 0.231 e. The molecule has 5 rings (SSSR count). The van der Waals surface area contributed by atoms with Gasteiger partial charge in [0, 0.05) is 18.5 Å². The molecule has 2 aromatic carbocycles. The lowest BCUT2D eigenvalue weighted by Crippen LogP contribution is -2.43. The fourth-order valence-corrected chi connectivity index (χ4v) is 5.33. The SMILES string of the molecule is CCCc1ccc2c(c1C)CN(C)C1c3cc4c(cc3CC(O)C21)OCO4. The van der Waals surface area contributed by atoms with E-state index in [1.54, 1.807) is 0 Å². The van der Waals surface area contributed by atoms with Gasteiger partial charge in [-0.3, -0.25) is 4.90 Å². The topological polar surface area (TPSA) is 41.9 Å². The first-order valence-electron chi connectivity index (χ1n) is 10.0. The molecule has 1 N–H and O–H groups in total. The zero-order chi connectivity index (χ0) is 18.7. The Bertz CT molecular complexity index is 907. The van der Waals surface area contributed by atoms with Crippen LogP contribution in [0.2, 0.25) is 0 Å². The van der Waals surface area contributed by atoms with Crippen molar-refractivity contribution in [3.8, 4) is 11.5 Å². The zero-order valence-corrected chi connectivity index (χ0v) is 16.3. The third-order valence-corrected chi connectivity index (χ3v) is 6.64. The number of ether oxygens (including phenoxy) is 2. The molecule has 1 aliphatic carbocycles. The molecule has 2 aliphatic heterocycles. The molecule has 4 heteroatoms. The summed E-state index contributed by atoms with van der Waals surface area (Å²) < 4.78 is 11.2. The van der Waals surface area contributed by atoms with Crippen LogP contribution in [0.5, 0.6) is 11.5 Å². The molecule has 3 unspecified atom stereocenters. The normalized spacial score (nSPS) is 25.7. The van der Waals surface area contributed by atoms with E-state index in [1.807, 2.05) is 0 Å². The van der Waals surface area contributed by atoms with Crippen LogP contribution < -0.4 is 9.47 Å². The molecule has 0 radical (unpaired) electrons. The van der Waals surface area contributed by atoms with Gasteiger partial charge in [-0.1, -0.05) is 25.5 Å². The summed E-state index contributed by atoms with van der Waals surface area (Å²) in [7, 11) is 2.18. The molecule has 27 heavy (non-hydrogen) atoms. The molecule has 4 nitrogen and oxygen atoms in total. The minimum Gasteiger partial charge on any atom is -0.454 e. The first kappa shape index (κ1) is 17.1. The van der Waals surface area contributed by atoms with Crippen molar-refractivity contribution in [3.05, 3.63) is 57.6 Å². The predicted molar refractivity (Wildman–Crippen MR) is 104 cm³/mol. The molecule has 0 spiro atoms. The monoisotopic (exact) mass is 365 g/mol. The Morgan fingerprint density at radius 1 is 1.15 bits per heavy atom. The maximum Gasteiger partial charge on any atom is 0.231 e. The van der Waals surface area contributed by atoms with Gasteiger partial charge >= 0.3 is 0 Å². The predicted octanol–water partition coefficient (Wildman–Crippen LogP) is 3.86. The Kier molecular flexibility index (Phi) is 3.95. The van der Waals surface area contributed by atoms with Crippen LogP contribution in [0.1, 0.15) is 58.7 Å². The Morgan fingerprint density at radius 3 is 2.70 bits per heavy atom. The number of hydrogen-bond donors (Lipinski definition) is 1. The van der Waals surface area contributed by atoms with E-state index >= 15 is 0 Å². The summed E-state index contributed by atoms with van der Waals surface area (Å²) in [4.78, 5) is 2.40. The van der Waals surface area contributed by atoms with Crippen molar-refractivity contribution in [1.82, 2.24) is 4.90 Å². The molecule has 0 aromatic heterocycles. The largest absolute Gasteiger partial charge is 0.454 e. The van der Waals surface area contributed by atoms with Gasteiger partial charge in [0.25, 0.3) is 0 Å². The van der Waals surface area contributed by atoms with Crippen molar-refractivity contribution in [2.75, 3.05) is 13.8 Å². The van der Waals surface area contributed by atoms with Crippen molar-refractivity contribution < 1.29 is 14.6 Å². The van der Waals surface area contributed by atoms with E-state index in [4.69, 9.17) is 9.47 Å². The average molecular weight is 365 g/mol. The van der Waals surface area contributed by atoms with Gasteiger partial charge in [-0.25, -0.2) is 0 Å². The van der Waals surface area contributed by atoms with Gasteiger partial charge in [0.15, 0.2) is 11.5 Å². The third kappa shape index (κ3) is 2.50. The average Bonchev–Trinajstić information content (AvgIpc) is 3.10. The van der Waals surface area contributed by atoms with Crippen molar-refractivity contribution in [1.29, 1.82) is 0 Å². The van der Waals surface area contributed by atoms with Crippen LogP contribution in [-0.4, -0.2) is 30.0 Å². The molecule has 2 aromatic rings. The molecule has 0 bridgehead atoms. The molecule has 0 fully saturated rings. The lowest BCUT2D eigenvalue weighted by molar-refractivity contribution is 0.0597. The van der Waals surface area contributed by atoms with Crippen LogP contribution in [0.4, 0.5) is 0 Å². The van der Waals surface area contributed by atoms with Gasteiger partial charge in [-0.2, -0.15) is 0 Å². The van der Waals surface area contributed by atoms with Crippen LogP contribution in [0, 0.1) is 6.92 Å². The molecule has 0 saturated carbocycles. The fourth-order valence-electron chi connectivity index (χ4n) is 5.33. The summed E-state index contributed by atoms with van der Waals surface area (Å²) in [5.74, 6) is 1.73.